The van der Waals surface area contributed by atoms with Crippen LogP contribution in [0, 0.1) is 0 Å². The summed E-state index contributed by atoms with van der Waals surface area (Å²) in [5, 5.41) is 2.69. The van der Waals surface area contributed by atoms with Crippen LogP contribution in [0.5, 0.6) is 0 Å². The smallest absolute Gasteiger partial charge is 0.407 e. The molecule has 0 aromatic carbocycles. The molecule has 1 N–H and O–H groups in total. The van der Waals surface area contributed by atoms with Crippen LogP contribution in [-0.4, -0.2) is 22.5 Å². The molecule has 1 unspecified atom stereocenters. The molecule has 0 aromatic rings. The Morgan fingerprint density at radius 2 is 1.63 bits per heavy atom. The third-order valence-corrected chi connectivity index (χ3v) is 3.62. The molecule has 0 aliphatic rings. The van der Waals surface area contributed by atoms with Crippen molar-refractivity contribution in [1.82, 2.24) is 5.32 Å². The van der Waals surface area contributed by atoms with Crippen molar-refractivity contribution in [2.75, 3.05) is 6.54 Å². The summed E-state index contributed by atoms with van der Waals surface area (Å²) in [5.74, 6) is 0. The Morgan fingerprint density at radius 3 is 2.16 bits per heavy atom. The number of amides is 1. The normalized spacial score (nSPS) is 11.9. The number of halogens is 1. The lowest BCUT2D eigenvalue weighted by Crippen LogP contribution is -2.31. The monoisotopic (exact) mass is 383 g/mol. The highest BCUT2D eigenvalue weighted by Gasteiger charge is 2.17. The second-order valence-corrected chi connectivity index (χ2v) is 5.72. The van der Waals surface area contributed by atoms with E-state index in [1.165, 1.54) is 32.1 Å². The first-order chi connectivity index (χ1) is 9.11. The van der Waals surface area contributed by atoms with E-state index >= 15 is 0 Å². The molecule has 0 aliphatic heterocycles. The molecular weight excluding hydrogens is 357 g/mol. The topological polar surface area (TPSA) is 55.4 Å². The fourth-order valence-corrected chi connectivity index (χ4v) is 2.30. The third-order valence-electron chi connectivity index (χ3n) is 2.92. The fraction of sp³-hybridized carbons (Fsp3) is 0.857. The number of nitrogens with one attached hydrogen (secondary N) is 1. The molecule has 1 amide bonds. The van der Waals surface area contributed by atoms with Crippen LogP contribution < -0.4 is 5.32 Å². The fourth-order valence-electron chi connectivity index (χ4n) is 1.73. The maximum atomic E-state index is 11.4. The average molecular weight is 383 g/mol. The van der Waals surface area contributed by atoms with Crippen LogP contribution in [0.2, 0.25) is 0 Å². The number of unbranched alkanes of at least 4 members (excludes halogenated alkanes) is 6. The lowest BCUT2D eigenvalue weighted by atomic mass is 10.1. The van der Waals surface area contributed by atoms with E-state index in [2.05, 4.69) is 12.2 Å². The highest BCUT2D eigenvalue weighted by molar-refractivity contribution is 14.1. The van der Waals surface area contributed by atoms with E-state index < -0.39 is 12.2 Å². The van der Waals surface area contributed by atoms with Crippen LogP contribution in [0.3, 0.4) is 0 Å². The molecular formula is C14H26INO3. The van der Waals surface area contributed by atoms with Gasteiger partial charge in [0.2, 0.25) is 3.79 Å². The molecule has 0 radical (unpaired) electrons. The van der Waals surface area contributed by atoms with Gasteiger partial charge in [0, 0.05) is 29.1 Å². The van der Waals surface area contributed by atoms with Gasteiger partial charge in [-0.2, -0.15) is 0 Å². The zero-order valence-corrected chi connectivity index (χ0v) is 14.2. The molecule has 0 rings (SSSR count). The number of ether oxygens (including phenoxy) is 1. The Kier molecular flexibility index (Phi) is 12.5. The molecule has 0 aromatic heterocycles. The van der Waals surface area contributed by atoms with Crippen LogP contribution in [0.15, 0.2) is 0 Å². The van der Waals surface area contributed by atoms with E-state index in [-0.39, 0.29) is 3.79 Å². The molecule has 0 bridgehead atoms. The van der Waals surface area contributed by atoms with E-state index in [9.17, 15) is 9.59 Å². The second-order valence-electron chi connectivity index (χ2n) is 4.65. The average Bonchev–Trinajstić information content (AvgIpc) is 2.38. The van der Waals surface area contributed by atoms with Crippen molar-refractivity contribution >= 4 is 32.5 Å². The van der Waals surface area contributed by atoms with E-state index in [0.717, 1.165) is 12.8 Å². The van der Waals surface area contributed by atoms with Crippen molar-refractivity contribution in [2.24, 2.45) is 0 Å². The lowest BCUT2D eigenvalue weighted by molar-refractivity contribution is -0.116. The molecule has 0 spiro atoms. The van der Waals surface area contributed by atoms with Crippen molar-refractivity contribution in [3.63, 3.8) is 0 Å². The number of alkyl carbamates (subject to hydrolysis) is 1. The van der Waals surface area contributed by atoms with Crippen molar-refractivity contribution in [2.45, 2.75) is 71.3 Å². The van der Waals surface area contributed by atoms with Crippen molar-refractivity contribution in [1.29, 1.82) is 0 Å². The van der Waals surface area contributed by atoms with Crippen LogP contribution in [-0.2, 0) is 9.53 Å². The van der Waals surface area contributed by atoms with Crippen LogP contribution in [0.4, 0.5) is 4.79 Å². The first-order valence-corrected chi connectivity index (χ1v) is 8.33. The molecule has 0 heterocycles. The maximum Gasteiger partial charge on any atom is 0.407 e. The molecule has 0 saturated carbocycles. The third kappa shape index (κ3) is 11.2. The lowest BCUT2D eigenvalue weighted by Gasteiger charge is -2.12. The van der Waals surface area contributed by atoms with E-state index in [1.807, 2.05) is 6.92 Å². The first kappa shape index (κ1) is 18.7. The zero-order valence-electron chi connectivity index (χ0n) is 12.0. The number of hydrogen-bond acceptors (Lipinski definition) is 3. The summed E-state index contributed by atoms with van der Waals surface area (Å²) < 4.78 is 4.88. The molecule has 0 saturated heterocycles. The Hall–Kier alpha value is -0.330. The molecule has 0 fully saturated rings. The van der Waals surface area contributed by atoms with Crippen LogP contribution >= 0.6 is 22.6 Å². The number of hydrogen-bond donors (Lipinski definition) is 1. The summed E-state index contributed by atoms with van der Waals surface area (Å²) >= 11 is 1.66. The summed E-state index contributed by atoms with van der Waals surface area (Å²) in [6.45, 7) is 4.66. The maximum absolute atomic E-state index is 11.4. The molecule has 5 heteroatoms. The van der Waals surface area contributed by atoms with Gasteiger partial charge in [0.15, 0.2) is 6.10 Å². The predicted octanol–water partition coefficient (Wildman–Crippen LogP) is 4.20. The summed E-state index contributed by atoms with van der Waals surface area (Å²) in [7, 11) is 0. The van der Waals surface area contributed by atoms with E-state index in [0.29, 0.717) is 13.0 Å². The van der Waals surface area contributed by atoms with Gasteiger partial charge in [-0.15, -0.1) is 0 Å². The highest BCUT2D eigenvalue weighted by atomic mass is 127. The largest absolute Gasteiger partial charge is 0.437 e. The summed E-state index contributed by atoms with van der Waals surface area (Å²) in [5.41, 5.74) is 0. The molecule has 4 nitrogen and oxygen atoms in total. The highest BCUT2D eigenvalue weighted by Crippen LogP contribution is 2.07. The summed E-state index contributed by atoms with van der Waals surface area (Å²) in [4.78, 5) is 22.5. The molecule has 0 aliphatic carbocycles. The van der Waals surface area contributed by atoms with Gasteiger partial charge in [0.1, 0.15) is 0 Å². The van der Waals surface area contributed by atoms with Crippen molar-refractivity contribution < 1.29 is 14.3 Å². The van der Waals surface area contributed by atoms with Crippen molar-refractivity contribution in [3.8, 4) is 0 Å². The van der Waals surface area contributed by atoms with Gasteiger partial charge < -0.3 is 10.1 Å². The van der Waals surface area contributed by atoms with Gasteiger partial charge >= 0.3 is 6.09 Å². The Balaban J connectivity index is 3.45. The Labute approximate surface area is 130 Å². The quantitative estimate of drug-likeness (QED) is 0.331. The molecule has 1 atom stereocenters. The van der Waals surface area contributed by atoms with Crippen LogP contribution in [0.25, 0.3) is 0 Å². The minimum Gasteiger partial charge on any atom is -0.437 e. The SMILES string of the molecule is CCCCCCCCCNC(=O)OC(CC)C(=O)I. The molecule has 112 valence electrons. The van der Waals surface area contributed by atoms with Gasteiger partial charge in [-0.1, -0.05) is 52.4 Å². The van der Waals surface area contributed by atoms with E-state index in [1.54, 1.807) is 22.6 Å². The minimum absolute atomic E-state index is 0.133. The standard InChI is InChI=1S/C14H26INO3/c1-3-5-6-7-8-9-10-11-16-14(18)19-12(4-2)13(15)17/h12H,3-11H2,1-2H3,(H,16,18). The van der Waals surface area contributed by atoms with Gasteiger partial charge in [-0.05, 0) is 12.8 Å². The number of carbonyl (C=O) groups excluding carboxylic acids is 2. The van der Waals surface area contributed by atoms with Crippen LogP contribution in [0.1, 0.15) is 65.2 Å². The van der Waals surface area contributed by atoms with E-state index in [4.69, 9.17) is 4.74 Å². The first-order valence-electron chi connectivity index (χ1n) is 7.25. The number of carbonyl (C=O) groups is 2. The Bertz CT molecular complexity index is 259. The summed E-state index contributed by atoms with van der Waals surface area (Å²) in [6, 6.07) is 0. The second kappa shape index (κ2) is 12.7. The van der Waals surface area contributed by atoms with Gasteiger partial charge in [0.25, 0.3) is 0 Å². The molecule has 19 heavy (non-hydrogen) atoms. The van der Waals surface area contributed by atoms with Gasteiger partial charge in [0.05, 0.1) is 0 Å². The predicted molar refractivity (Wildman–Crippen MR) is 85.6 cm³/mol. The Morgan fingerprint density at radius 1 is 1.05 bits per heavy atom. The van der Waals surface area contributed by atoms with Gasteiger partial charge in [-0.3, -0.25) is 4.79 Å². The summed E-state index contributed by atoms with van der Waals surface area (Å²) in [6.07, 6.45) is 7.91. The zero-order chi connectivity index (χ0) is 14.5. The minimum atomic E-state index is -0.616. The number of rotatable bonds is 11. The van der Waals surface area contributed by atoms with Gasteiger partial charge in [-0.25, -0.2) is 4.79 Å². The van der Waals surface area contributed by atoms with Crippen molar-refractivity contribution in [3.05, 3.63) is 0 Å².